The van der Waals surface area contributed by atoms with Gasteiger partial charge in [0.15, 0.2) is 0 Å². The number of hydrogen-bond donors (Lipinski definition) is 2. The van der Waals surface area contributed by atoms with Gasteiger partial charge in [0.05, 0.1) is 21.6 Å². The number of carbonyl (C=O) groups excluding carboxylic acids is 1. The Hall–Kier alpha value is -0.660. The maximum Gasteiger partial charge on any atom is 0.342 e. The van der Waals surface area contributed by atoms with Crippen LogP contribution in [0.2, 0.25) is 0 Å². The lowest BCUT2D eigenvalue weighted by atomic mass is 10.0. The zero-order valence-corrected chi connectivity index (χ0v) is 12.7. The van der Waals surface area contributed by atoms with Crippen LogP contribution in [0.5, 0.6) is 5.75 Å². The second kappa shape index (κ2) is 6.49. The SMILES string of the molecule is CCOC(=O)C(F)[C@H](N)c1cc(Br)c(O)c(Br)c1. The molecule has 0 radical (unpaired) electrons. The van der Waals surface area contributed by atoms with Crippen LogP contribution in [0.3, 0.4) is 0 Å². The van der Waals surface area contributed by atoms with Gasteiger partial charge in [-0.1, -0.05) is 0 Å². The zero-order chi connectivity index (χ0) is 13.9. The maximum absolute atomic E-state index is 13.7. The molecule has 0 aromatic heterocycles. The molecular weight excluding hydrogens is 373 g/mol. The van der Waals surface area contributed by atoms with Gasteiger partial charge < -0.3 is 15.6 Å². The summed E-state index contributed by atoms with van der Waals surface area (Å²) in [5, 5.41) is 9.52. The zero-order valence-electron chi connectivity index (χ0n) is 9.49. The van der Waals surface area contributed by atoms with Crippen molar-refractivity contribution in [1.82, 2.24) is 0 Å². The van der Waals surface area contributed by atoms with Gasteiger partial charge in [-0.3, -0.25) is 0 Å². The summed E-state index contributed by atoms with van der Waals surface area (Å²) in [6, 6.07) is 1.75. The molecule has 1 unspecified atom stereocenters. The van der Waals surface area contributed by atoms with Crippen molar-refractivity contribution < 1.29 is 19.0 Å². The van der Waals surface area contributed by atoms with E-state index in [-0.39, 0.29) is 12.4 Å². The minimum absolute atomic E-state index is 0.0162. The molecule has 7 heteroatoms. The summed E-state index contributed by atoms with van der Waals surface area (Å²) in [5.41, 5.74) is 6.03. The molecule has 18 heavy (non-hydrogen) atoms. The summed E-state index contributed by atoms with van der Waals surface area (Å²) in [5.74, 6) is -1.01. The van der Waals surface area contributed by atoms with E-state index in [2.05, 4.69) is 36.6 Å². The molecule has 0 heterocycles. The third-order valence-electron chi connectivity index (χ3n) is 2.25. The molecule has 0 saturated heterocycles. The highest BCUT2D eigenvalue weighted by atomic mass is 79.9. The van der Waals surface area contributed by atoms with Crippen LogP contribution in [0.4, 0.5) is 4.39 Å². The summed E-state index contributed by atoms with van der Waals surface area (Å²) >= 11 is 6.22. The summed E-state index contributed by atoms with van der Waals surface area (Å²) in [6.45, 7) is 1.68. The molecule has 1 rings (SSSR count). The Morgan fingerprint density at radius 1 is 1.50 bits per heavy atom. The second-order valence-corrected chi connectivity index (χ2v) is 5.22. The Morgan fingerprint density at radius 3 is 2.44 bits per heavy atom. The highest BCUT2D eigenvalue weighted by molar-refractivity contribution is 9.11. The number of alkyl halides is 1. The van der Waals surface area contributed by atoms with Gasteiger partial charge in [-0.2, -0.15) is 0 Å². The van der Waals surface area contributed by atoms with E-state index in [1.807, 2.05) is 0 Å². The van der Waals surface area contributed by atoms with Crippen LogP contribution < -0.4 is 5.73 Å². The van der Waals surface area contributed by atoms with Gasteiger partial charge in [0.2, 0.25) is 6.17 Å². The molecule has 0 saturated carbocycles. The predicted octanol–water partition coefficient (Wildman–Crippen LogP) is 2.82. The average Bonchev–Trinajstić information content (AvgIpc) is 2.33. The van der Waals surface area contributed by atoms with Gasteiger partial charge >= 0.3 is 5.97 Å². The van der Waals surface area contributed by atoms with E-state index < -0.39 is 18.2 Å². The van der Waals surface area contributed by atoms with E-state index in [0.29, 0.717) is 14.5 Å². The Bertz CT molecular complexity index is 433. The number of phenols is 1. The van der Waals surface area contributed by atoms with Crippen LogP contribution >= 0.6 is 31.9 Å². The summed E-state index contributed by atoms with van der Waals surface area (Å²) in [7, 11) is 0. The van der Waals surface area contributed by atoms with E-state index in [0.717, 1.165) is 0 Å². The summed E-state index contributed by atoms with van der Waals surface area (Å²) in [4.78, 5) is 11.2. The number of hydrogen-bond acceptors (Lipinski definition) is 4. The Balaban J connectivity index is 2.97. The number of esters is 1. The predicted molar refractivity (Wildman–Crippen MR) is 72.0 cm³/mol. The monoisotopic (exact) mass is 383 g/mol. The Labute approximate surface area is 121 Å². The maximum atomic E-state index is 13.7. The van der Waals surface area contributed by atoms with Crippen LogP contribution in [0.25, 0.3) is 0 Å². The fraction of sp³-hybridized carbons (Fsp3) is 0.364. The van der Waals surface area contributed by atoms with E-state index >= 15 is 0 Å². The molecule has 4 nitrogen and oxygen atoms in total. The summed E-state index contributed by atoms with van der Waals surface area (Å²) < 4.78 is 19.0. The fourth-order valence-corrected chi connectivity index (χ4v) is 2.54. The average molecular weight is 385 g/mol. The van der Waals surface area contributed by atoms with E-state index in [9.17, 15) is 14.3 Å². The molecule has 0 aliphatic carbocycles. The number of aromatic hydroxyl groups is 1. The smallest absolute Gasteiger partial charge is 0.342 e. The lowest BCUT2D eigenvalue weighted by molar-refractivity contribution is -0.149. The van der Waals surface area contributed by atoms with E-state index in [1.165, 1.54) is 12.1 Å². The minimum atomic E-state index is -1.95. The molecule has 100 valence electrons. The van der Waals surface area contributed by atoms with Gasteiger partial charge in [-0.15, -0.1) is 0 Å². The van der Waals surface area contributed by atoms with Crippen molar-refractivity contribution in [2.24, 2.45) is 5.73 Å². The van der Waals surface area contributed by atoms with E-state index in [1.54, 1.807) is 6.92 Å². The molecule has 2 atom stereocenters. The number of halogens is 3. The largest absolute Gasteiger partial charge is 0.506 e. The molecule has 0 aliphatic rings. The quantitative estimate of drug-likeness (QED) is 0.783. The van der Waals surface area contributed by atoms with Crippen molar-refractivity contribution in [3.63, 3.8) is 0 Å². The van der Waals surface area contributed by atoms with Crippen LogP contribution in [0, 0.1) is 0 Å². The molecule has 0 spiro atoms. The second-order valence-electron chi connectivity index (χ2n) is 3.51. The van der Waals surface area contributed by atoms with Crippen molar-refractivity contribution in [2.75, 3.05) is 6.61 Å². The van der Waals surface area contributed by atoms with Crippen LogP contribution in [0.1, 0.15) is 18.5 Å². The third-order valence-corrected chi connectivity index (χ3v) is 3.46. The van der Waals surface area contributed by atoms with Crippen molar-refractivity contribution in [2.45, 2.75) is 19.1 Å². The minimum Gasteiger partial charge on any atom is -0.506 e. The first-order valence-corrected chi connectivity index (χ1v) is 6.71. The molecule has 0 aliphatic heterocycles. The third kappa shape index (κ3) is 3.43. The lowest BCUT2D eigenvalue weighted by Gasteiger charge is -2.17. The molecular formula is C11H12Br2FNO3. The number of phenolic OH excluding ortho intramolecular Hbond substituents is 1. The Kier molecular flexibility index (Phi) is 5.55. The van der Waals surface area contributed by atoms with Crippen LogP contribution in [0.15, 0.2) is 21.1 Å². The molecule has 0 fully saturated rings. The summed E-state index contributed by atoms with van der Waals surface area (Å²) in [6.07, 6.45) is -1.95. The van der Waals surface area contributed by atoms with Gasteiger partial charge in [0.25, 0.3) is 0 Å². The van der Waals surface area contributed by atoms with Gasteiger partial charge in [-0.05, 0) is 56.5 Å². The van der Waals surface area contributed by atoms with Gasteiger partial charge in [0, 0.05) is 0 Å². The first-order chi connectivity index (χ1) is 8.38. The first-order valence-electron chi connectivity index (χ1n) is 5.12. The lowest BCUT2D eigenvalue weighted by Crippen LogP contribution is -2.31. The number of nitrogens with two attached hydrogens (primary N) is 1. The van der Waals surface area contributed by atoms with Crippen LogP contribution in [-0.2, 0) is 9.53 Å². The standard InChI is InChI=1S/C11H12Br2FNO3/c1-2-18-11(17)8(14)9(15)5-3-6(12)10(16)7(13)4-5/h3-4,8-9,16H,2,15H2,1H3/t8?,9-/m1/s1. The van der Waals surface area contributed by atoms with Gasteiger partial charge in [-0.25, -0.2) is 9.18 Å². The number of benzene rings is 1. The number of carbonyl (C=O) groups is 1. The molecule has 0 amide bonds. The highest BCUT2D eigenvalue weighted by Gasteiger charge is 2.28. The topological polar surface area (TPSA) is 72.5 Å². The normalized spacial score (nSPS) is 14.1. The molecule has 1 aromatic carbocycles. The van der Waals surface area contributed by atoms with Crippen molar-refractivity contribution in [3.8, 4) is 5.75 Å². The Morgan fingerprint density at radius 2 is 2.00 bits per heavy atom. The van der Waals surface area contributed by atoms with Crippen LogP contribution in [-0.4, -0.2) is 23.9 Å². The van der Waals surface area contributed by atoms with Gasteiger partial charge in [0.1, 0.15) is 5.75 Å². The van der Waals surface area contributed by atoms with Crippen molar-refractivity contribution in [3.05, 3.63) is 26.6 Å². The molecule has 0 bridgehead atoms. The van der Waals surface area contributed by atoms with Crippen molar-refractivity contribution in [1.29, 1.82) is 0 Å². The van der Waals surface area contributed by atoms with Crippen molar-refractivity contribution >= 4 is 37.8 Å². The molecule has 3 N–H and O–H groups in total. The molecule has 1 aromatic rings. The number of rotatable bonds is 4. The first kappa shape index (κ1) is 15.4. The van der Waals surface area contributed by atoms with E-state index in [4.69, 9.17) is 5.73 Å². The fourth-order valence-electron chi connectivity index (χ4n) is 1.32. The number of ether oxygens (including phenoxy) is 1. The highest BCUT2D eigenvalue weighted by Crippen LogP contribution is 2.35.